The molecule has 21 heavy (non-hydrogen) atoms. The van der Waals surface area contributed by atoms with E-state index < -0.39 is 0 Å². The third kappa shape index (κ3) is 3.11. The Bertz CT molecular complexity index is 728. The Morgan fingerprint density at radius 1 is 1.10 bits per heavy atom. The Balaban J connectivity index is 1.79. The van der Waals surface area contributed by atoms with Crippen LogP contribution in [-0.4, -0.2) is 20.9 Å². The molecular weight excluding hydrogens is 284 g/mol. The minimum atomic E-state index is -0.101. The van der Waals surface area contributed by atoms with Gasteiger partial charge in [0.25, 0.3) is 5.91 Å². The lowest BCUT2D eigenvalue weighted by molar-refractivity contribution is 0.0954. The third-order valence-electron chi connectivity index (χ3n) is 2.89. The molecule has 1 amide bonds. The molecule has 3 aromatic heterocycles. The van der Waals surface area contributed by atoms with E-state index >= 15 is 0 Å². The van der Waals surface area contributed by atoms with Crippen LogP contribution in [0.2, 0.25) is 0 Å². The first-order valence-corrected chi connectivity index (χ1v) is 7.24. The Morgan fingerprint density at radius 2 is 1.90 bits per heavy atom. The van der Waals surface area contributed by atoms with Crippen molar-refractivity contribution in [2.75, 3.05) is 0 Å². The zero-order valence-electron chi connectivity index (χ0n) is 11.1. The van der Waals surface area contributed by atoms with Gasteiger partial charge in [0.2, 0.25) is 0 Å². The fourth-order valence-corrected chi connectivity index (χ4v) is 2.55. The maximum absolute atomic E-state index is 12.0. The SMILES string of the molecule is O=C(NCc1nccnc1-c1ccncc1)c1cccs1. The molecule has 0 aliphatic heterocycles. The zero-order chi connectivity index (χ0) is 14.5. The van der Waals surface area contributed by atoms with Gasteiger partial charge in [-0.3, -0.25) is 19.7 Å². The molecule has 104 valence electrons. The van der Waals surface area contributed by atoms with Crippen LogP contribution >= 0.6 is 11.3 Å². The second-order valence-corrected chi connectivity index (χ2v) is 5.20. The first kappa shape index (κ1) is 13.4. The summed E-state index contributed by atoms with van der Waals surface area (Å²) < 4.78 is 0. The van der Waals surface area contributed by atoms with Crippen molar-refractivity contribution in [2.45, 2.75) is 6.54 Å². The van der Waals surface area contributed by atoms with Crippen LogP contribution in [0.1, 0.15) is 15.4 Å². The fourth-order valence-electron chi connectivity index (χ4n) is 1.91. The smallest absolute Gasteiger partial charge is 0.261 e. The van der Waals surface area contributed by atoms with Crippen LogP contribution in [0.15, 0.2) is 54.4 Å². The van der Waals surface area contributed by atoms with E-state index in [4.69, 9.17) is 0 Å². The van der Waals surface area contributed by atoms with E-state index in [1.54, 1.807) is 30.9 Å². The molecule has 6 heteroatoms. The molecule has 0 radical (unpaired) electrons. The van der Waals surface area contributed by atoms with Crippen LogP contribution in [0.5, 0.6) is 0 Å². The molecule has 0 aliphatic carbocycles. The molecule has 3 aromatic rings. The molecule has 0 bridgehead atoms. The molecule has 0 saturated carbocycles. The van der Waals surface area contributed by atoms with Gasteiger partial charge in [-0.25, -0.2) is 0 Å². The van der Waals surface area contributed by atoms with Crippen LogP contribution in [0.3, 0.4) is 0 Å². The van der Waals surface area contributed by atoms with E-state index in [1.807, 2.05) is 23.6 Å². The Kier molecular flexibility index (Phi) is 3.97. The summed E-state index contributed by atoms with van der Waals surface area (Å²) in [6.07, 6.45) is 6.67. The normalized spacial score (nSPS) is 10.3. The van der Waals surface area contributed by atoms with E-state index in [0.717, 1.165) is 17.0 Å². The predicted octanol–water partition coefficient (Wildman–Crippen LogP) is 2.53. The highest BCUT2D eigenvalue weighted by molar-refractivity contribution is 7.12. The molecule has 5 nitrogen and oxygen atoms in total. The first-order valence-electron chi connectivity index (χ1n) is 6.36. The van der Waals surface area contributed by atoms with E-state index in [0.29, 0.717) is 11.4 Å². The number of hydrogen-bond acceptors (Lipinski definition) is 5. The van der Waals surface area contributed by atoms with Crippen LogP contribution in [0, 0.1) is 0 Å². The van der Waals surface area contributed by atoms with Gasteiger partial charge in [0.05, 0.1) is 22.8 Å². The molecule has 0 saturated heterocycles. The molecule has 3 rings (SSSR count). The predicted molar refractivity (Wildman–Crippen MR) is 80.8 cm³/mol. The zero-order valence-corrected chi connectivity index (χ0v) is 11.9. The van der Waals surface area contributed by atoms with Crippen molar-refractivity contribution in [3.8, 4) is 11.3 Å². The summed E-state index contributed by atoms with van der Waals surface area (Å²) in [7, 11) is 0. The van der Waals surface area contributed by atoms with Crippen molar-refractivity contribution in [3.05, 3.63) is 65.0 Å². The molecule has 3 heterocycles. The van der Waals surface area contributed by atoms with Gasteiger partial charge < -0.3 is 5.32 Å². The topological polar surface area (TPSA) is 67.8 Å². The van der Waals surface area contributed by atoms with Crippen molar-refractivity contribution in [3.63, 3.8) is 0 Å². The number of carbonyl (C=O) groups is 1. The van der Waals surface area contributed by atoms with Gasteiger partial charge in [0.1, 0.15) is 0 Å². The molecule has 0 atom stereocenters. The second kappa shape index (κ2) is 6.23. The summed E-state index contributed by atoms with van der Waals surface area (Å²) in [5.74, 6) is -0.101. The van der Waals surface area contributed by atoms with Crippen LogP contribution in [0.25, 0.3) is 11.3 Å². The molecule has 0 aromatic carbocycles. The second-order valence-electron chi connectivity index (χ2n) is 4.25. The Labute approximate surface area is 125 Å². The summed E-state index contributed by atoms with van der Waals surface area (Å²) in [6, 6.07) is 7.38. The Morgan fingerprint density at radius 3 is 2.67 bits per heavy atom. The van der Waals surface area contributed by atoms with E-state index in [2.05, 4.69) is 20.3 Å². The molecule has 0 unspecified atom stereocenters. The van der Waals surface area contributed by atoms with Gasteiger partial charge in [-0.15, -0.1) is 11.3 Å². The minimum absolute atomic E-state index is 0.101. The summed E-state index contributed by atoms with van der Waals surface area (Å²) in [5.41, 5.74) is 2.42. The van der Waals surface area contributed by atoms with E-state index in [1.165, 1.54) is 11.3 Å². The van der Waals surface area contributed by atoms with Crippen molar-refractivity contribution in [1.29, 1.82) is 0 Å². The van der Waals surface area contributed by atoms with E-state index in [-0.39, 0.29) is 5.91 Å². The van der Waals surface area contributed by atoms with Crippen LogP contribution < -0.4 is 5.32 Å². The van der Waals surface area contributed by atoms with Gasteiger partial charge in [-0.1, -0.05) is 6.07 Å². The number of thiophene rings is 1. The average Bonchev–Trinajstić information content (AvgIpc) is 3.08. The first-order chi connectivity index (χ1) is 10.3. The summed E-state index contributed by atoms with van der Waals surface area (Å²) >= 11 is 1.41. The highest BCUT2D eigenvalue weighted by Crippen LogP contribution is 2.18. The number of aromatic nitrogens is 3. The molecule has 1 N–H and O–H groups in total. The highest BCUT2D eigenvalue weighted by atomic mass is 32.1. The average molecular weight is 296 g/mol. The monoisotopic (exact) mass is 296 g/mol. The van der Waals surface area contributed by atoms with Gasteiger partial charge in [0, 0.05) is 30.4 Å². The van der Waals surface area contributed by atoms with Gasteiger partial charge in [-0.2, -0.15) is 0 Å². The third-order valence-corrected chi connectivity index (χ3v) is 3.76. The van der Waals surface area contributed by atoms with E-state index in [9.17, 15) is 4.79 Å². The maximum atomic E-state index is 12.0. The maximum Gasteiger partial charge on any atom is 0.261 e. The molecular formula is C15H12N4OS. The number of carbonyl (C=O) groups excluding carboxylic acids is 1. The standard InChI is InChI=1S/C15H12N4OS/c20-15(13-2-1-9-21-13)19-10-12-14(18-8-7-17-12)11-3-5-16-6-4-11/h1-9H,10H2,(H,19,20). The highest BCUT2D eigenvalue weighted by Gasteiger charge is 2.10. The van der Waals surface area contributed by atoms with Crippen molar-refractivity contribution in [2.24, 2.45) is 0 Å². The largest absolute Gasteiger partial charge is 0.346 e. The van der Waals surface area contributed by atoms with Crippen LogP contribution in [0.4, 0.5) is 0 Å². The Hall–Kier alpha value is -2.60. The van der Waals surface area contributed by atoms with Crippen molar-refractivity contribution >= 4 is 17.2 Å². The number of nitrogens with zero attached hydrogens (tertiary/aromatic N) is 3. The summed E-state index contributed by atoms with van der Waals surface area (Å²) in [4.78, 5) is 25.3. The quantitative estimate of drug-likeness (QED) is 0.803. The number of nitrogens with one attached hydrogen (secondary N) is 1. The number of hydrogen-bond donors (Lipinski definition) is 1. The molecule has 0 fully saturated rings. The van der Waals surface area contributed by atoms with Crippen molar-refractivity contribution < 1.29 is 4.79 Å². The number of pyridine rings is 1. The fraction of sp³-hybridized carbons (Fsp3) is 0.0667. The summed E-state index contributed by atoms with van der Waals surface area (Å²) in [6.45, 7) is 0.336. The lowest BCUT2D eigenvalue weighted by atomic mass is 10.1. The van der Waals surface area contributed by atoms with Crippen molar-refractivity contribution in [1.82, 2.24) is 20.3 Å². The molecule has 0 aliphatic rings. The number of amides is 1. The molecule has 0 spiro atoms. The summed E-state index contributed by atoms with van der Waals surface area (Å²) in [5, 5.41) is 4.74. The lowest BCUT2D eigenvalue weighted by Gasteiger charge is -2.08. The van der Waals surface area contributed by atoms with Crippen LogP contribution in [-0.2, 0) is 6.54 Å². The van der Waals surface area contributed by atoms with Gasteiger partial charge >= 0.3 is 0 Å². The van der Waals surface area contributed by atoms with Gasteiger partial charge in [-0.05, 0) is 23.6 Å². The number of rotatable bonds is 4. The minimum Gasteiger partial charge on any atom is -0.346 e. The lowest BCUT2D eigenvalue weighted by Crippen LogP contribution is -2.23. The van der Waals surface area contributed by atoms with Gasteiger partial charge in [0.15, 0.2) is 0 Å².